The maximum atomic E-state index is 5.40. The van der Waals surface area contributed by atoms with Crippen LogP contribution < -0.4 is 4.74 Å². The second kappa shape index (κ2) is 4.85. The van der Waals surface area contributed by atoms with Gasteiger partial charge in [0, 0.05) is 12.2 Å². The number of imidazole rings is 1. The number of aromatic nitrogens is 2. The Morgan fingerprint density at radius 2 is 2.26 bits per heavy atom. The molecule has 1 unspecified atom stereocenters. The van der Waals surface area contributed by atoms with Gasteiger partial charge in [0.05, 0.1) is 19.3 Å². The Morgan fingerprint density at radius 1 is 1.42 bits per heavy atom. The van der Waals surface area contributed by atoms with E-state index in [4.69, 9.17) is 4.74 Å². The molecule has 4 nitrogen and oxygen atoms in total. The molecule has 1 aliphatic heterocycles. The topological polar surface area (TPSA) is 29.8 Å². The summed E-state index contributed by atoms with van der Waals surface area (Å²) in [5.41, 5.74) is 1.05. The average molecular weight is 259 g/mol. The Labute approximate surface area is 114 Å². The van der Waals surface area contributed by atoms with Crippen molar-refractivity contribution in [3.05, 3.63) is 30.4 Å². The number of methoxy groups -OCH3 is 1. The Morgan fingerprint density at radius 3 is 3.00 bits per heavy atom. The molecule has 0 aliphatic carbocycles. The first-order valence-electron chi connectivity index (χ1n) is 6.98. The van der Waals surface area contributed by atoms with Crippen LogP contribution in [0.5, 0.6) is 5.75 Å². The third kappa shape index (κ3) is 2.00. The molecule has 2 aromatic heterocycles. The lowest BCUT2D eigenvalue weighted by Gasteiger charge is -2.27. The van der Waals surface area contributed by atoms with Crippen LogP contribution in [0.25, 0.3) is 5.52 Å². The van der Waals surface area contributed by atoms with Crippen molar-refractivity contribution in [3.8, 4) is 5.75 Å². The summed E-state index contributed by atoms with van der Waals surface area (Å²) in [4.78, 5) is 7.20. The molecule has 4 heteroatoms. The lowest BCUT2D eigenvalue weighted by atomic mass is 10.2. The van der Waals surface area contributed by atoms with E-state index in [1.165, 1.54) is 19.4 Å². The van der Waals surface area contributed by atoms with Gasteiger partial charge in [0.1, 0.15) is 17.1 Å². The van der Waals surface area contributed by atoms with Crippen molar-refractivity contribution < 1.29 is 4.74 Å². The van der Waals surface area contributed by atoms with E-state index in [-0.39, 0.29) is 0 Å². The van der Waals surface area contributed by atoms with Gasteiger partial charge in [-0.2, -0.15) is 0 Å². The largest absolute Gasteiger partial charge is 0.494 e. The number of ether oxygens (including phenoxy) is 1. The van der Waals surface area contributed by atoms with Gasteiger partial charge in [-0.1, -0.05) is 0 Å². The van der Waals surface area contributed by atoms with Gasteiger partial charge < -0.3 is 4.74 Å². The fraction of sp³-hybridized carbons (Fsp3) is 0.533. The van der Waals surface area contributed by atoms with Crippen molar-refractivity contribution in [1.29, 1.82) is 0 Å². The molecule has 0 aromatic carbocycles. The van der Waals surface area contributed by atoms with E-state index in [0.717, 1.165) is 17.1 Å². The van der Waals surface area contributed by atoms with E-state index in [1.54, 1.807) is 7.11 Å². The first-order valence-corrected chi connectivity index (χ1v) is 6.98. The first kappa shape index (κ1) is 12.5. The Balaban J connectivity index is 2.06. The van der Waals surface area contributed by atoms with E-state index < -0.39 is 0 Å². The number of hydrogen-bond acceptors (Lipinski definition) is 3. The van der Waals surface area contributed by atoms with Gasteiger partial charge in [-0.3, -0.25) is 9.30 Å². The Hall–Kier alpha value is -1.55. The van der Waals surface area contributed by atoms with Gasteiger partial charge in [-0.05, 0) is 45.4 Å². The molecular weight excluding hydrogens is 238 g/mol. The Bertz CT molecular complexity index is 576. The fourth-order valence-corrected chi connectivity index (χ4v) is 3.12. The van der Waals surface area contributed by atoms with Crippen molar-refractivity contribution in [3.63, 3.8) is 0 Å². The van der Waals surface area contributed by atoms with Gasteiger partial charge in [0.25, 0.3) is 0 Å². The molecule has 1 fully saturated rings. The number of rotatable bonds is 3. The number of nitrogens with zero attached hydrogens (tertiary/aromatic N) is 3. The second-order valence-corrected chi connectivity index (χ2v) is 5.44. The number of hydrogen-bond donors (Lipinski definition) is 0. The highest BCUT2D eigenvalue weighted by atomic mass is 16.5. The normalized spacial score (nSPS) is 20.5. The van der Waals surface area contributed by atoms with Gasteiger partial charge in [0.2, 0.25) is 0 Å². The van der Waals surface area contributed by atoms with Crippen LogP contribution in [0.15, 0.2) is 24.5 Å². The smallest absolute Gasteiger partial charge is 0.144 e. The van der Waals surface area contributed by atoms with E-state index in [9.17, 15) is 0 Å². The maximum Gasteiger partial charge on any atom is 0.144 e. The van der Waals surface area contributed by atoms with Gasteiger partial charge in [-0.15, -0.1) is 0 Å². The van der Waals surface area contributed by atoms with Crippen LogP contribution in [0, 0.1) is 0 Å². The lowest BCUT2D eigenvalue weighted by Crippen LogP contribution is -2.31. The predicted molar refractivity (Wildman–Crippen MR) is 75.6 cm³/mol. The van der Waals surface area contributed by atoms with Crippen LogP contribution in [0.4, 0.5) is 0 Å². The quantitative estimate of drug-likeness (QED) is 0.849. The summed E-state index contributed by atoms with van der Waals surface area (Å²) in [6, 6.07) is 4.99. The third-order valence-electron chi connectivity index (χ3n) is 4.04. The summed E-state index contributed by atoms with van der Waals surface area (Å²) in [5.74, 6) is 2.02. The second-order valence-electron chi connectivity index (χ2n) is 5.44. The molecule has 0 amide bonds. The molecule has 0 radical (unpaired) electrons. The summed E-state index contributed by atoms with van der Waals surface area (Å²) in [5, 5.41) is 0. The monoisotopic (exact) mass is 259 g/mol. The molecule has 0 saturated carbocycles. The highest BCUT2D eigenvalue weighted by Gasteiger charge is 2.30. The van der Waals surface area contributed by atoms with Crippen molar-refractivity contribution >= 4 is 5.52 Å². The van der Waals surface area contributed by atoms with Gasteiger partial charge >= 0.3 is 0 Å². The van der Waals surface area contributed by atoms with Crippen LogP contribution in [0.3, 0.4) is 0 Å². The summed E-state index contributed by atoms with van der Waals surface area (Å²) in [6.07, 6.45) is 6.44. The van der Waals surface area contributed by atoms with Crippen molar-refractivity contribution in [2.45, 2.75) is 38.8 Å². The van der Waals surface area contributed by atoms with E-state index >= 15 is 0 Å². The van der Waals surface area contributed by atoms with E-state index in [1.807, 2.05) is 18.3 Å². The molecule has 0 spiro atoms. The maximum absolute atomic E-state index is 5.40. The summed E-state index contributed by atoms with van der Waals surface area (Å²) in [6.45, 7) is 5.69. The number of fused-ring (bicyclic) bond motifs is 1. The molecule has 2 aromatic rings. The highest BCUT2D eigenvalue weighted by Crippen LogP contribution is 2.34. The van der Waals surface area contributed by atoms with Crippen LogP contribution >= 0.6 is 0 Å². The van der Waals surface area contributed by atoms with Crippen molar-refractivity contribution in [2.75, 3.05) is 13.7 Å². The molecule has 0 bridgehead atoms. The number of pyridine rings is 1. The molecule has 1 aliphatic rings. The van der Waals surface area contributed by atoms with Gasteiger partial charge in [-0.25, -0.2) is 4.98 Å². The molecule has 1 atom stereocenters. The molecule has 3 rings (SSSR count). The standard InChI is InChI=1S/C15H21N3O/c1-11(2)17-8-4-6-12(17)15-16-10-13-14(19-3)7-5-9-18(13)15/h5,7,9-12H,4,6,8H2,1-3H3. The van der Waals surface area contributed by atoms with Gasteiger partial charge in [0.15, 0.2) is 0 Å². The van der Waals surface area contributed by atoms with Crippen LogP contribution in [-0.4, -0.2) is 34.0 Å². The molecule has 0 N–H and O–H groups in total. The fourth-order valence-electron chi connectivity index (χ4n) is 3.12. The molecular formula is C15H21N3O. The van der Waals surface area contributed by atoms with E-state index in [2.05, 4.69) is 34.3 Å². The molecule has 1 saturated heterocycles. The molecule has 3 heterocycles. The highest BCUT2D eigenvalue weighted by molar-refractivity contribution is 5.59. The SMILES string of the molecule is COc1cccn2c(C3CCCN3C(C)C)ncc12. The zero-order chi connectivity index (χ0) is 13.4. The van der Waals surface area contributed by atoms with Crippen molar-refractivity contribution in [2.24, 2.45) is 0 Å². The first-order chi connectivity index (χ1) is 9.22. The predicted octanol–water partition coefficient (Wildman–Crippen LogP) is 2.89. The molecule has 102 valence electrons. The minimum Gasteiger partial charge on any atom is -0.494 e. The summed E-state index contributed by atoms with van der Waals surface area (Å²) >= 11 is 0. The summed E-state index contributed by atoms with van der Waals surface area (Å²) in [7, 11) is 1.71. The number of likely N-dealkylation sites (tertiary alicyclic amines) is 1. The van der Waals surface area contributed by atoms with E-state index in [0.29, 0.717) is 12.1 Å². The van der Waals surface area contributed by atoms with Crippen LogP contribution in [0.2, 0.25) is 0 Å². The average Bonchev–Trinajstić information content (AvgIpc) is 3.03. The molecule has 19 heavy (non-hydrogen) atoms. The lowest BCUT2D eigenvalue weighted by molar-refractivity contribution is 0.198. The zero-order valence-electron chi connectivity index (χ0n) is 11.8. The third-order valence-corrected chi connectivity index (χ3v) is 4.04. The minimum atomic E-state index is 0.426. The van der Waals surface area contributed by atoms with Crippen LogP contribution in [-0.2, 0) is 0 Å². The minimum absolute atomic E-state index is 0.426. The summed E-state index contributed by atoms with van der Waals surface area (Å²) < 4.78 is 7.57. The Kier molecular flexibility index (Phi) is 3.19. The van der Waals surface area contributed by atoms with Crippen LogP contribution in [0.1, 0.15) is 38.6 Å². The van der Waals surface area contributed by atoms with Crippen molar-refractivity contribution in [1.82, 2.24) is 14.3 Å². The zero-order valence-corrected chi connectivity index (χ0v) is 11.8.